The molecule has 4 aromatic carbocycles. The number of likely N-dealkylation sites (tertiary alicyclic amines) is 1. The van der Waals surface area contributed by atoms with Gasteiger partial charge in [0.1, 0.15) is 5.69 Å². The molecule has 2 aliphatic rings. The lowest BCUT2D eigenvalue weighted by Crippen LogP contribution is -2.49. The molecule has 3 heterocycles. The van der Waals surface area contributed by atoms with Crippen molar-refractivity contribution in [1.29, 1.82) is 0 Å². The van der Waals surface area contributed by atoms with Gasteiger partial charge < -0.3 is 29.9 Å². The van der Waals surface area contributed by atoms with E-state index in [-0.39, 0.29) is 36.3 Å². The standard InChI is InChI=1S/C40H41ClN4O5/c1-26-36(24-45-20-18-40(48,19-21-45)31-14-16-32(41)17-15-31)49-39(50-37(26)29-10-8-28(25-46)9-11-29)30-12-6-27(7-13-30)22-43-38(47)35-23-42-33-4-2-3-5-34(33)44-35/h2-17,23,26,36-37,39,46,48H,18-22,24-25H2,1H3,(H,43,47)/t26-,36+,37+,39+/m0/s1. The van der Waals surface area contributed by atoms with Crippen LogP contribution in [0.25, 0.3) is 11.0 Å². The molecule has 2 fully saturated rings. The molecular weight excluding hydrogens is 652 g/mol. The molecule has 0 radical (unpaired) electrons. The van der Waals surface area contributed by atoms with Crippen molar-refractivity contribution in [2.45, 2.75) is 57.0 Å². The van der Waals surface area contributed by atoms with Gasteiger partial charge in [0.25, 0.3) is 5.91 Å². The first kappa shape index (κ1) is 34.2. The van der Waals surface area contributed by atoms with E-state index < -0.39 is 11.9 Å². The van der Waals surface area contributed by atoms with Gasteiger partial charge in [0.05, 0.1) is 41.6 Å². The maximum atomic E-state index is 12.8. The number of fused-ring (bicyclic) bond motifs is 1. The number of nitrogens with one attached hydrogen (secondary N) is 1. The van der Waals surface area contributed by atoms with E-state index in [1.165, 1.54) is 6.20 Å². The van der Waals surface area contributed by atoms with Gasteiger partial charge in [-0.15, -0.1) is 0 Å². The van der Waals surface area contributed by atoms with Crippen LogP contribution in [-0.4, -0.2) is 56.7 Å². The van der Waals surface area contributed by atoms with Gasteiger partial charge in [0.2, 0.25) is 0 Å². The molecule has 1 aromatic heterocycles. The van der Waals surface area contributed by atoms with Crippen LogP contribution >= 0.6 is 11.6 Å². The Labute approximate surface area is 296 Å². The van der Waals surface area contributed by atoms with Crippen molar-refractivity contribution in [2.75, 3.05) is 19.6 Å². The van der Waals surface area contributed by atoms with E-state index in [1.54, 1.807) is 0 Å². The van der Waals surface area contributed by atoms with E-state index in [1.807, 2.05) is 97.1 Å². The van der Waals surface area contributed by atoms with E-state index in [0.29, 0.717) is 36.5 Å². The van der Waals surface area contributed by atoms with Gasteiger partial charge in [-0.3, -0.25) is 9.78 Å². The Morgan fingerprint density at radius 2 is 1.56 bits per heavy atom. The third kappa shape index (κ3) is 7.58. The number of halogens is 1. The minimum atomic E-state index is -0.882. The fourth-order valence-electron chi connectivity index (χ4n) is 6.87. The van der Waals surface area contributed by atoms with Crippen LogP contribution in [0.5, 0.6) is 0 Å². The van der Waals surface area contributed by atoms with E-state index in [0.717, 1.165) is 46.4 Å². The van der Waals surface area contributed by atoms with Crippen molar-refractivity contribution >= 4 is 28.5 Å². The van der Waals surface area contributed by atoms with Crippen LogP contribution < -0.4 is 5.32 Å². The molecule has 0 aliphatic carbocycles. The van der Waals surface area contributed by atoms with E-state index >= 15 is 0 Å². The Bertz CT molecular complexity index is 1910. The van der Waals surface area contributed by atoms with Crippen LogP contribution in [-0.2, 0) is 28.2 Å². The lowest BCUT2D eigenvalue weighted by molar-refractivity contribution is -0.277. The second-order valence-corrected chi connectivity index (χ2v) is 13.8. The molecule has 10 heteroatoms. The van der Waals surface area contributed by atoms with Crippen LogP contribution in [0.3, 0.4) is 0 Å². The number of aliphatic hydroxyl groups is 2. The highest BCUT2D eigenvalue weighted by Gasteiger charge is 2.41. The zero-order valence-electron chi connectivity index (χ0n) is 27.9. The smallest absolute Gasteiger partial charge is 0.271 e. The highest BCUT2D eigenvalue weighted by atomic mass is 35.5. The van der Waals surface area contributed by atoms with Crippen LogP contribution in [0.15, 0.2) is 103 Å². The summed E-state index contributed by atoms with van der Waals surface area (Å²) in [5, 5.41) is 24.7. The Balaban J connectivity index is 1.03. The number of benzene rings is 4. The molecule has 0 spiro atoms. The molecule has 5 aromatic rings. The summed E-state index contributed by atoms with van der Waals surface area (Å²) in [5.41, 5.74) is 5.38. The molecule has 9 nitrogen and oxygen atoms in total. The van der Waals surface area contributed by atoms with E-state index in [4.69, 9.17) is 21.1 Å². The van der Waals surface area contributed by atoms with Gasteiger partial charge in [0.15, 0.2) is 6.29 Å². The van der Waals surface area contributed by atoms with Gasteiger partial charge in [0, 0.05) is 42.7 Å². The highest BCUT2D eigenvalue weighted by molar-refractivity contribution is 6.30. The van der Waals surface area contributed by atoms with Gasteiger partial charge in [-0.05, 0) is 59.4 Å². The predicted molar refractivity (Wildman–Crippen MR) is 191 cm³/mol. The minimum absolute atomic E-state index is 0.0183. The number of aliphatic hydroxyl groups excluding tert-OH is 1. The molecule has 0 bridgehead atoms. The number of carbonyl (C=O) groups is 1. The van der Waals surface area contributed by atoms with Crippen molar-refractivity contribution in [2.24, 2.45) is 5.92 Å². The number of hydrogen-bond donors (Lipinski definition) is 3. The molecule has 50 heavy (non-hydrogen) atoms. The number of ether oxygens (including phenoxy) is 2. The van der Waals surface area contributed by atoms with Crippen LogP contribution in [0, 0.1) is 5.92 Å². The molecule has 258 valence electrons. The van der Waals surface area contributed by atoms with Crippen LogP contribution in [0.1, 0.15) is 70.5 Å². The molecule has 2 saturated heterocycles. The summed E-state index contributed by atoms with van der Waals surface area (Å²) in [6.07, 6.45) is 1.75. The number of para-hydroxylation sites is 2. The number of carbonyl (C=O) groups excluding carboxylic acids is 1. The highest BCUT2D eigenvalue weighted by Crippen LogP contribution is 2.42. The summed E-state index contributed by atoms with van der Waals surface area (Å²) in [5.74, 6) is -0.251. The molecule has 0 unspecified atom stereocenters. The third-order valence-corrected chi connectivity index (χ3v) is 10.3. The maximum Gasteiger partial charge on any atom is 0.271 e. The topological polar surface area (TPSA) is 117 Å². The minimum Gasteiger partial charge on any atom is -0.392 e. The first-order valence-corrected chi connectivity index (χ1v) is 17.5. The fourth-order valence-corrected chi connectivity index (χ4v) is 6.99. The third-order valence-electron chi connectivity index (χ3n) is 10.0. The number of aromatic nitrogens is 2. The SMILES string of the molecule is C[C@H]1[C@@H](CN2CCC(O)(c3ccc(Cl)cc3)CC2)O[C@@H](c2ccc(CNC(=O)c3cnc4ccccc4n3)cc2)O[C@H]1c1ccc(CO)cc1. The lowest BCUT2D eigenvalue weighted by Gasteiger charge is -2.45. The molecule has 7 rings (SSSR count). The normalized spacial score (nSPS) is 22.3. The van der Waals surface area contributed by atoms with Crippen molar-refractivity contribution in [3.63, 3.8) is 0 Å². The van der Waals surface area contributed by atoms with Gasteiger partial charge in [-0.2, -0.15) is 0 Å². The fraction of sp³-hybridized carbons (Fsp3) is 0.325. The van der Waals surface area contributed by atoms with Gasteiger partial charge in [-0.1, -0.05) is 91.3 Å². The monoisotopic (exact) mass is 692 g/mol. The van der Waals surface area contributed by atoms with Gasteiger partial charge in [-0.25, -0.2) is 4.98 Å². The molecule has 4 atom stereocenters. The number of amides is 1. The number of nitrogens with zero attached hydrogens (tertiary/aromatic N) is 3. The summed E-state index contributed by atoms with van der Waals surface area (Å²) in [6.45, 7) is 4.64. The van der Waals surface area contributed by atoms with Crippen molar-refractivity contribution in [3.8, 4) is 0 Å². The zero-order valence-corrected chi connectivity index (χ0v) is 28.7. The van der Waals surface area contributed by atoms with Gasteiger partial charge >= 0.3 is 0 Å². The first-order valence-electron chi connectivity index (χ1n) is 17.1. The van der Waals surface area contributed by atoms with Crippen molar-refractivity contribution in [3.05, 3.63) is 142 Å². The lowest BCUT2D eigenvalue weighted by atomic mass is 9.84. The van der Waals surface area contributed by atoms with Crippen LogP contribution in [0.4, 0.5) is 0 Å². The summed E-state index contributed by atoms with van der Waals surface area (Å²) in [4.78, 5) is 24.0. The second-order valence-electron chi connectivity index (χ2n) is 13.3. The summed E-state index contributed by atoms with van der Waals surface area (Å²) in [7, 11) is 0. The van der Waals surface area contributed by atoms with E-state index in [9.17, 15) is 15.0 Å². The second kappa shape index (κ2) is 14.9. The molecule has 2 aliphatic heterocycles. The average molecular weight is 693 g/mol. The quantitative estimate of drug-likeness (QED) is 0.161. The first-order chi connectivity index (χ1) is 24.3. The summed E-state index contributed by atoms with van der Waals surface area (Å²) >= 11 is 6.09. The average Bonchev–Trinajstić information content (AvgIpc) is 3.16. The number of rotatable bonds is 9. The largest absolute Gasteiger partial charge is 0.392 e. The van der Waals surface area contributed by atoms with Crippen LogP contribution in [0.2, 0.25) is 5.02 Å². The molecular formula is C40H41ClN4O5. The summed E-state index contributed by atoms with van der Waals surface area (Å²) < 4.78 is 13.4. The Kier molecular flexibility index (Phi) is 10.2. The molecule has 0 saturated carbocycles. The Hall–Kier alpha value is -4.22. The zero-order chi connectivity index (χ0) is 34.7. The molecule has 1 amide bonds. The maximum absolute atomic E-state index is 12.8. The Morgan fingerprint density at radius 3 is 2.26 bits per heavy atom. The van der Waals surface area contributed by atoms with E-state index in [2.05, 4.69) is 27.1 Å². The predicted octanol–water partition coefficient (Wildman–Crippen LogP) is 6.48. The number of hydrogen-bond acceptors (Lipinski definition) is 8. The summed E-state index contributed by atoms with van der Waals surface area (Å²) in [6, 6.07) is 30.7. The number of piperidine rings is 1. The van der Waals surface area contributed by atoms with Crippen molar-refractivity contribution in [1.82, 2.24) is 20.2 Å². The Morgan fingerprint density at radius 1 is 0.900 bits per heavy atom. The molecule has 3 N–H and O–H groups in total. The van der Waals surface area contributed by atoms with Crippen molar-refractivity contribution < 1.29 is 24.5 Å².